The minimum absolute atomic E-state index is 0.101. The monoisotopic (exact) mass is 480 g/mol. The fraction of sp³-hybridized carbons (Fsp3) is 0.682. The zero-order chi connectivity index (χ0) is 24.4. The van der Waals surface area contributed by atoms with Gasteiger partial charge in [0.1, 0.15) is 6.61 Å². The number of aryl methyl sites for hydroxylation is 1. The number of methoxy groups -OCH3 is 1. The number of hydrogen-bond acceptors (Lipinski definition) is 6. The molecule has 1 aromatic carbocycles. The normalized spacial score (nSPS) is 18.5. The number of benzene rings is 1. The predicted molar refractivity (Wildman–Crippen MR) is 113 cm³/mol. The third kappa shape index (κ3) is 9.17. The molecule has 0 unspecified atom stereocenters. The molecule has 188 valence electrons. The van der Waals surface area contributed by atoms with Crippen LogP contribution in [0.15, 0.2) is 24.3 Å². The van der Waals surface area contributed by atoms with Crippen LogP contribution in [0.25, 0.3) is 0 Å². The van der Waals surface area contributed by atoms with E-state index in [2.05, 4.69) is 4.74 Å². The van der Waals surface area contributed by atoms with Gasteiger partial charge < -0.3 is 24.2 Å². The van der Waals surface area contributed by atoms with Crippen LogP contribution in [0.2, 0.25) is 0 Å². The van der Waals surface area contributed by atoms with E-state index in [1.165, 1.54) is 0 Å². The maximum absolute atomic E-state index is 13.0. The van der Waals surface area contributed by atoms with Gasteiger partial charge in [-0.05, 0) is 19.1 Å². The van der Waals surface area contributed by atoms with E-state index in [0.29, 0.717) is 45.0 Å². The summed E-state index contributed by atoms with van der Waals surface area (Å²) in [5.74, 6) is -4.40. The van der Waals surface area contributed by atoms with Crippen LogP contribution in [0.3, 0.4) is 0 Å². The average Bonchev–Trinajstić information content (AvgIpc) is 2.76. The lowest BCUT2D eigenvalue weighted by atomic mass is 10.1. The number of aliphatic hydroxyl groups excluding tert-OH is 1. The highest BCUT2D eigenvalue weighted by Crippen LogP contribution is 2.23. The minimum atomic E-state index is -4.25. The second-order valence-electron chi connectivity index (χ2n) is 8.09. The van der Waals surface area contributed by atoms with Crippen LogP contribution >= 0.6 is 0 Å². The van der Waals surface area contributed by atoms with Crippen molar-refractivity contribution in [1.29, 1.82) is 0 Å². The van der Waals surface area contributed by atoms with Gasteiger partial charge in [0.05, 0.1) is 32.0 Å². The zero-order valence-electron chi connectivity index (χ0n) is 18.9. The number of ether oxygens (including phenoxy) is 3. The Balaban J connectivity index is 1.87. The van der Waals surface area contributed by atoms with E-state index in [1.807, 2.05) is 24.0 Å². The van der Waals surface area contributed by atoms with Gasteiger partial charge in [-0.15, -0.1) is 0 Å². The summed E-state index contributed by atoms with van der Waals surface area (Å²) in [4.78, 5) is 16.5. The first-order valence-corrected chi connectivity index (χ1v) is 10.7. The van der Waals surface area contributed by atoms with E-state index in [1.54, 1.807) is 24.1 Å². The number of morpholine rings is 1. The van der Waals surface area contributed by atoms with Crippen LogP contribution in [0, 0.1) is 6.92 Å². The van der Waals surface area contributed by atoms with Gasteiger partial charge in [0.15, 0.2) is 0 Å². The van der Waals surface area contributed by atoms with Gasteiger partial charge in [0.2, 0.25) is 0 Å². The largest absolute Gasteiger partial charge is 0.389 e. The van der Waals surface area contributed by atoms with Crippen molar-refractivity contribution in [3.63, 3.8) is 0 Å². The van der Waals surface area contributed by atoms with Crippen molar-refractivity contribution in [2.75, 3.05) is 66.3 Å². The molecule has 2 rings (SSSR count). The molecule has 0 aliphatic carbocycles. The highest BCUT2D eigenvalue weighted by atomic mass is 19.3. The minimum Gasteiger partial charge on any atom is -0.389 e. The Bertz CT molecular complexity index is 723. The van der Waals surface area contributed by atoms with Gasteiger partial charge in [-0.3, -0.25) is 9.69 Å². The van der Waals surface area contributed by atoms with E-state index in [0.717, 1.165) is 5.56 Å². The molecule has 33 heavy (non-hydrogen) atoms. The summed E-state index contributed by atoms with van der Waals surface area (Å²) in [7, 11) is 1.55. The van der Waals surface area contributed by atoms with Crippen LogP contribution in [0.1, 0.15) is 15.9 Å². The summed E-state index contributed by atoms with van der Waals surface area (Å²) in [6.07, 6.45) is -5.28. The molecule has 2 atom stereocenters. The molecule has 0 saturated carbocycles. The number of hydrogen-bond donors (Lipinski definition) is 1. The number of rotatable bonds is 13. The Morgan fingerprint density at radius 1 is 1.33 bits per heavy atom. The Labute approximate surface area is 191 Å². The fourth-order valence-electron chi connectivity index (χ4n) is 3.40. The smallest absolute Gasteiger partial charge is 0.330 e. The second-order valence-corrected chi connectivity index (χ2v) is 8.09. The molecule has 1 aromatic rings. The van der Waals surface area contributed by atoms with Gasteiger partial charge in [0, 0.05) is 45.4 Å². The third-order valence-corrected chi connectivity index (χ3v) is 5.19. The molecular formula is C22H32F4N2O5. The number of β-amino-alcohol motifs (C(OH)–C–C–N with tert-alkyl or cyclic N) is 1. The lowest BCUT2D eigenvalue weighted by molar-refractivity contribution is -0.171. The Kier molecular flexibility index (Phi) is 11.0. The van der Waals surface area contributed by atoms with Crippen LogP contribution in [-0.4, -0.2) is 112 Å². The third-order valence-electron chi connectivity index (χ3n) is 5.19. The fourth-order valence-corrected chi connectivity index (χ4v) is 3.40. The van der Waals surface area contributed by atoms with E-state index in [-0.39, 0.29) is 18.6 Å². The highest BCUT2D eigenvalue weighted by Gasteiger charge is 2.41. The molecule has 1 saturated heterocycles. The van der Waals surface area contributed by atoms with Crippen LogP contribution < -0.4 is 0 Å². The summed E-state index contributed by atoms with van der Waals surface area (Å²) in [6, 6.07) is 7.25. The maximum atomic E-state index is 13.0. The topological polar surface area (TPSA) is 71.5 Å². The molecule has 1 N–H and O–H groups in total. The second kappa shape index (κ2) is 13.2. The van der Waals surface area contributed by atoms with Crippen molar-refractivity contribution in [3.05, 3.63) is 35.4 Å². The molecule has 7 nitrogen and oxygen atoms in total. The lowest BCUT2D eigenvalue weighted by Gasteiger charge is -2.36. The van der Waals surface area contributed by atoms with Crippen LogP contribution in [0.5, 0.6) is 0 Å². The standard InChI is InChI=1S/C22H32F4N2O5/c1-16-3-5-17(6-4-16)20(30)28(8-9-31-2)13-19-12-27(7-10-33-19)11-18(29)14-32-15-22(25,26)21(23)24/h3-6,18-19,21,29H,7-15H2,1-2H3/t18-,19-/m1/s1. The van der Waals surface area contributed by atoms with Gasteiger partial charge in [-0.1, -0.05) is 17.7 Å². The average molecular weight is 480 g/mol. The molecular weight excluding hydrogens is 448 g/mol. The first-order valence-electron chi connectivity index (χ1n) is 10.7. The summed E-state index contributed by atoms with van der Waals surface area (Å²) < 4.78 is 65.6. The van der Waals surface area contributed by atoms with Crippen molar-refractivity contribution < 1.29 is 41.7 Å². The highest BCUT2D eigenvalue weighted by molar-refractivity contribution is 5.94. The number of halogens is 4. The lowest BCUT2D eigenvalue weighted by Crippen LogP contribution is -2.51. The summed E-state index contributed by atoms with van der Waals surface area (Å²) in [5, 5.41) is 10.1. The van der Waals surface area contributed by atoms with E-state index >= 15 is 0 Å². The number of carbonyl (C=O) groups is 1. The van der Waals surface area contributed by atoms with Gasteiger partial charge in [-0.2, -0.15) is 8.78 Å². The molecule has 0 aromatic heterocycles. The number of aliphatic hydroxyl groups is 1. The zero-order valence-corrected chi connectivity index (χ0v) is 18.9. The van der Waals surface area contributed by atoms with E-state index in [9.17, 15) is 27.5 Å². The molecule has 1 amide bonds. The predicted octanol–water partition coefficient (Wildman–Crippen LogP) is 2.06. The number of amides is 1. The van der Waals surface area contributed by atoms with Gasteiger partial charge >= 0.3 is 12.3 Å². The Morgan fingerprint density at radius 2 is 2.03 bits per heavy atom. The first-order chi connectivity index (χ1) is 15.6. The summed E-state index contributed by atoms with van der Waals surface area (Å²) in [5.41, 5.74) is 1.60. The van der Waals surface area contributed by atoms with Crippen LogP contribution in [-0.2, 0) is 14.2 Å². The van der Waals surface area contributed by atoms with Crippen molar-refractivity contribution >= 4 is 5.91 Å². The molecule has 11 heteroatoms. The molecule has 1 aliphatic rings. The molecule has 0 spiro atoms. The molecule has 0 bridgehead atoms. The molecule has 1 fully saturated rings. The number of alkyl halides is 4. The van der Waals surface area contributed by atoms with Gasteiger partial charge in [-0.25, -0.2) is 8.78 Å². The summed E-state index contributed by atoms with van der Waals surface area (Å²) >= 11 is 0. The maximum Gasteiger partial charge on any atom is 0.330 e. The first kappa shape index (κ1) is 27.5. The van der Waals surface area contributed by atoms with E-state index < -0.39 is 31.7 Å². The summed E-state index contributed by atoms with van der Waals surface area (Å²) in [6.45, 7) is 2.37. The van der Waals surface area contributed by atoms with Crippen LogP contribution in [0.4, 0.5) is 17.6 Å². The van der Waals surface area contributed by atoms with E-state index in [4.69, 9.17) is 9.47 Å². The molecule has 1 heterocycles. The number of carbonyl (C=O) groups excluding carboxylic acids is 1. The molecule has 1 aliphatic heterocycles. The SMILES string of the molecule is COCCN(C[C@H]1CN(C[C@@H](O)COCC(F)(F)C(F)F)CCO1)C(=O)c1ccc(C)cc1. The Morgan fingerprint density at radius 3 is 2.67 bits per heavy atom. The van der Waals surface area contributed by atoms with Crippen molar-refractivity contribution in [1.82, 2.24) is 9.80 Å². The number of nitrogens with zero attached hydrogens (tertiary/aromatic N) is 2. The van der Waals surface area contributed by atoms with Gasteiger partial charge in [0.25, 0.3) is 5.91 Å². The molecule has 0 radical (unpaired) electrons. The quantitative estimate of drug-likeness (QED) is 0.436. The van der Waals surface area contributed by atoms with Crippen molar-refractivity contribution in [3.8, 4) is 0 Å². The Hall–Kier alpha value is -1.79. The van der Waals surface area contributed by atoms with Crippen molar-refractivity contribution in [2.24, 2.45) is 0 Å². The van der Waals surface area contributed by atoms with Crippen molar-refractivity contribution in [2.45, 2.75) is 31.5 Å².